The first-order valence-electron chi connectivity index (χ1n) is 11.0. The molecule has 0 radical (unpaired) electrons. The number of aromatic nitrogens is 2. The molecular formula is C24H26F2N4O3S. The molecule has 2 heterocycles. The average molecular weight is 489 g/mol. The maximum atomic E-state index is 15.0. The Hall–Kier alpha value is -3.11. The summed E-state index contributed by atoms with van der Waals surface area (Å²) >= 11 is 0. The summed E-state index contributed by atoms with van der Waals surface area (Å²) in [7, 11) is -3.78. The second kappa shape index (κ2) is 9.63. The third-order valence-electron chi connectivity index (χ3n) is 6.26. The number of sulfonamides is 1. The summed E-state index contributed by atoms with van der Waals surface area (Å²) in [6.45, 7) is 3.04. The molecule has 2 N–H and O–H groups in total. The summed E-state index contributed by atoms with van der Waals surface area (Å²) in [5.41, 5.74) is 0.860. The van der Waals surface area contributed by atoms with Crippen molar-refractivity contribution in [1.82, 2.24) is 19.8 Å². The van der Waals surface area contributed by atoms with Gasteiger partial charge in [-0.25, -0.2) is 17.2 Å². The second-order valence-corrected chi connectivity index (χ2v) is 10.6. The number of carbonyl (C=O) groups is 1. The fraction of sp³-hybridized carbons (Fsp3) is 0.333. The lowest BCUT2D eigenvalue weighted by Crippen LogP contribution is -2.44. The van der Waals surface area contributed by atoms with Gasteiger partial charge in [0.1, 0.15) is 16.9 Å². The van der Waals surface area contributed by atoms with Crippen molar-refractivity contribution in [2.24, 2.45) is 0 Å². The molecule has 4 rings (SSSR count). The number of halogens is 2. The van der Waals surface area contributed by atoms with Crippen LogP contribution in [0.25, 0.3) is 0 Å². The quantitative estimate of drug-likeness (QED) is 0.543. The summed E-state index contributed by atoms with van der Waals surface area (Å²) in [5, 5.41) is 8.08. The number of amides is 1. The van der Waals surface area contributed by atoms with Crippen molar-refractivity contribution < 1.29 is 22.0 Å². The van der Waals surface area contributed by atoms with E-state index < -0.39 is 38.9 Å². The fourth-order valence-electron chi connectivity index (χ4n) is 4.31. The Bertz CT molecular complexity index is 1270. The van der Waals surface area contributed by atoms with Crippen molar-refractivity contribution >= 4 is 15.9 Å². The molecule has 34 heavy (non-hydrogen) atoms. The molecular weight excluding hydrogens is 462 g/mol. The molecule has 0 aliphatic carbocycles. The fourth-order valence-corrected chi connectivity index (χ4v) is 6.50. The van der Waals surface area contributed by atoms with Crippen LogP contribution in [0.15, 0.2) is 54.9 Å². The van der Waals surface area contributed by atoms with Crippen LogP contribution >= 0.6 is 0 Å². The molecule has 1 aliphatic heterocycles. The average Bonchev–Trinajstić information content (AvgIpc) is 3.34. The van der Waals surface area contributed by atoms with Gasteiger partial charge in [-0.2, -0.15) is 9.40 Å². The third kappa shape index (κ3) is 4.74. The zero-order chi connectivity index (χ0) is 24.5. The lowest BCUT2D eigenvalue weighted by molar-refractivity contribution is 0.0939. The summed E-state index contributed by atoms with van der Waals surface area (Å²) in [6.07, 6.45) is 3.79. The van der Waals surface area contributed by atoms with Crippen molar-refractivity contribution in [3.8, 4) is 0 Å². The molecule has 0 spiro atoms. The zero-order valence-electron chi connectivity index (χ0n) is 18.8. The number of H-pyrrole nitrogens is 1. The Labute approximate surface area is 197 Å². The highest BCUT2D eigenvalue weighted by atomic mass is 32.2. The number of carbonyl (C=O) groups excluding carboxylic acids is 1. The predicted octanol–water partition coefficient (Wildman–Crippen LogP) is 4.23. The van der Waals surface area contributed by atoms with E-state index in [0.717, 1.165) is 12.1 Å². The van der Waals surface area contributed by atoms with E-state index in [1.165, 1.54) is 23.6 Å². The van der Waals surface area contributed by atoms with Gasteiger partial charge in [-0.1, -0.05) is 30.3 Å². The van der Waals surface area contributed by atoms with Crippen LogP contribution in [0.3, 0.4) is 0 Å². The maximum Gasteiger partial charge on any atom is 0.254 e. The smallest absolute Gasteiger partial charge is 0.254 e. The number of hydrogen-bond acceptors (Lipinski definition) is 4. The van der Waals surface area contributed by atoms with Crippen LogP contribution in [-0.2, 0) is 16.6 Å². The first-order chi connectivity index (χ1) is 16.2. The van der Waals surface area contributed by atoms with E-state index in [4.69, 9.17) is 0 Å². The number of nitrogens with one attached hydrogen (secondary N) is 2. The highest BCUT2D eigenvalue weighted by Gasteiger charge is 2.40. The molecule has 1 saturated heterocycles. The van der Waals surface area contributed by atoms with E-state index in [1.54, 1.807) is 31.2 Å². The minimum atomic E-state index is -3.78. The Morgan fingerprint density at radius 3 is 2.62 bits per heavy atom. The van der Waals surface area contributed by atoms with E-state index >= 15 is 4.39 Å². The van der Waals surface area contributed by atoms with Gasteiger partial charge in [0.15, 0.2) is 0 Å². The molecule has 1 aromatic heterocycles. The molecule has 1 aliphatic rings. The van der Waals surface area contributed by atoms with Gasteiger partial charge >= 0.3 is 0 Å². The van der Waals surface area contributed by atoms with E-state index in [-0.39, 0.29) is 29.3 Å². The first kappa shape index (κ1) is 24.0. The van der Waals surface area contributed by atoms with E-state index in [1.807, 2.05) is 6.07 Å². The Balaban J connectivity index is 1.56. The van der Waals surface area contributed by atoms with Crippen molar-refractivity contribution in [2.75, 3.05) is 0 Å². The lowest BCUT2D eigenvalue weighted by atomic mass is 10.0. The molecule has 7 nitrogen and oxygen atoms in total. The topological polar surface area (TPSA) is 95.2 Å². The number of rotatable bonds is 6. The number of nitrogens with zero attached hydrogens (tertiary/aromatic N) is 2. The molecule has 180 valence electrons. The Kier molecular flexibility index (Phi) is 6.81. The van der Waals surface area contributed by atoms with Gasteiger partial charge in [0.05, 0.1) is 17.8 Å². The highest BCUT2D eigenvalue weighted by molar-refractivity contribution is 7.89. The zero-order valence-corrected chi connectivity index (χ0v) is 19.6. The van der Waals surface area contributed by atoms with Gasteiger partial charge in [-0.15, -0.1) is 0 Å². The lowest BCUT2D eigenvalue weighted by Gasteiger charge is -2.37. The molecule has 10 heteroatoms. The Morgan fingerprint density at radius 1 is 1.21 bits per heavy atom. The molecule has 0 saturated carbocycles. The third-order valence-corrected chi connectivity index (χ3v) is 8.63. The number of hydrogen-bond donors (Lipinski definition) is 2. The Morgan fingerprint density at radius 2 is 1.94 bits per heavy atom. The standard InChI is InChI=1S/C24H26F2N4O3S/c1-15-8-9-23(17-6-4-3-5-7-17)34(32,33)30(15)14-18-10-22(26)20(11-21(18)25)16(2)29-24(31)19-12-27-28-13-19/h3-7,10-13,15-16,23H,8-9,14H2,1-2H3,(H,27,28)(H,29,31)/t15-,16?,23+/m0/s1. The van der Waals surface area contributed by atoms with Gasteiger partial charge in [-0.3, -0.25) is 9.89 Å². The molecule has 3 aromatic rings. The summed E-state index contributed by atoms with van der Waals surface area (Å²) in [4.78, 5) is 12.2. The maximum absolute atomic E-state index is 15.0. The van der Waals surface area contributed by atoms with Crippen molar-refractivity contribution in [2.45, 2.75) is 50.6 Å². The molecule has 2 aromatic carbocycles. The van der Waals surface area contributed by atoms with Gasteiger partial charge < -0.3 is 5.32 Å². The summed E-state index contributed by atoms with van der Waals surface area (Å²) in [6, 6.07) is 9.79. The van der Waals surface area contributed by atoms with Crippen LogP contribution in [-0.4, -0.2) is 34.9 Å². The van der Waals surface area contributed by atoms with Crippen LogP contribution in [0.4, 0.5) is 8.78 Å². The number of aromatic amines is 1. The molecule has 1 unspecified atom stereocenters. The van der Waals surface area contributed by atoms with E-state index in [0.29, 0.717) is 18.4 Å². The van der Waals surface area contributed by atoms with Crippen LogP contribution in [0, 0.1) is 11.6 Å². The molecule has 3 atom stereocenters. The minimum absolute atomic E-state index is 0.0326. The van der Waals surface area contributed by atoms with E-state index in [2.05, 4.69) is 15.5 Å². The van der Waals surface area contributed by atoms with Gasteiger partial charge in [-0.05, 0) is 44.4 Å². The van der Waals surface area contributed by atoms with E-state index in [9.17, 15) is 17.6 Å². The molecule has 1 fully saturated rings. The summed E-state index contributed by atoms with van der Waals surface area (Å²) < 4.78 is 58.0. The minimum Gasteiger partial charge on any atom is -0.345 e. The largest absolute Gasteiger partial charge is 0.345 e. The monoisotopic (exact) mass is 488 g/mol. The SMILES string of the molecule is CC(NC(=O)c1cn[nH]c1)c1cc(F)c(CN2[C@@H](C)CC[C@H](c3ccccc3)S2(=O)=O)cc1F. The predicted molar refractivity (Wildman–Crippen MR) is 123 cm³/mol. The van der Waals surface area contributed by atoms with Crippen LogP contribution in [0.5, 0.6) is 0 Å². The van der Waals surface area contributed by atoms with Crippen molar-refractivity contribution in [3.63, 3.8) is 0 Å². The first-order valence-corrected chi connectivity index (χ1v) is 12.5. The molecule has 0 bridgehead atoms. The highest BCUT2D eigenvalue weighted by Crippen LogP contribution is 2.38. The molecule has 1 amide bonds. The van der Waals surface area contributed by atoms with Gasteiger partial charge in [0.2, 0.25) is 10.0 Å². The van der Waals surface area contributed by atoms with Crippen molar-refractivity contribution in [1.29, 1.82) is 0 Å². The van der Waals surface area contributed by atoms with Crippen LogP contribution in [0.2, 0.25) is 0 Å². The van der Waals surface area contributed by atoms with Crippen LogP contribution < -0.4 is 5.32 Å². The normalized spacial score (nSPS) is 21.2. The van der Waals surface area contributed by atoms with Crippen LogP contribution in [0.1, 0.15) is 65.0 Å². The number of benzene rings is 2. The summed E-state index contributed by atoms with van der Waals surface area (Å²) in [5.74, 6) is -1.94. The van der Waals surface area contributed by atoms with Crippen molar-refractivity contribution in [3.05, 3.63) is 88.7 Å². The van der Waals surface area contributed by atoms with Gasteiger partial charge in [0.25, 0.3) is 5.91 Å². The van der Waals surface area contributed by atoms with Gasteiger partial charge in [0, 0.05) is 29.9 Å². The second-order valence-electron chi connectivity index (χ2n) is 8.56.